The highest BCUT2D eigenvalue weighted by atomic mass is 32.1. The van der Waals surface area contributed by atoms with E-state index in [-0.39, 0.29) is 5.97 Å². The van der Waals surface area contributed by atoms with Crippen molar-refractivity contribution in [1.82, 2.24) is 4.98 Å². The molecule has 1 N–H and O–H groups in total. The van der Waals surface area contributed by atoms with Crippen molar-refractivity contribution in [3.63, 3.8) is 0 Å². The molecule has 0 aliphatic rings. The molecule has 2 aromatic rings. The predicted molar refractivity (Wildman–Crippen MR) is 77.4 cm³/mol. The van der Waals surface area contributed by atoms with Gasteiger partial charge in [-0.3, -0.25) is 0 Å². The second kappa shape index (κ2) is 5.40. The minimum Gasteiger partial charge on any atom is -0.465 e. The summed E-state index contributed by atoms with van der Waals surface area (Å²) in [4.78, 5) is 16.4. The number of hydrogen-bond acceptors (Lipinski definition) is 5. The van der Waals surface area contributed by atoms with E-state index in [1.54, 1.807) is 6.92 Å². The van der Waals surface area contributed by atoms with Crippen molar-refractivity contribution >= 4 is 28.1 Å². The molecule has 1 aromatic heterocycles. The molecule has 0 fully saturated rings. The maximum absolute atomic E-state index is 11.5. The first-order chi connectivity index (χ1) is 8.99. The summed E-state index contributed by atoms with van der Waals surface area (Å²) in [7, 11) is 1.37. The lowest BCUT2D eigenvalue weighted by atomic mass is 10.1. The fraction of sp³-hybridized carbons (Fsp3) is 0.286. The quantitative estimate of drug-likeness (QED) is 0.870. The average molecular weight is 276 g/mol. The van der Waals surface area contributed by atoms with Crippen LogP contribution in [0.3, 0.4) is 0 Å². The second-order valence-corrected chi connectivity index (χ2v) is 5.43. The molecular weight excluding hydrogens is 260 g/mol. The van der Waals surface area contributed by atoms with E-state index < -0.39 is 0 Å². The number of methoxy groups -OCH3 is 1. The van der Waals surface area contributed by atoms with Crippen molar-refractivity contribution in [2.24, 2.45) is 0 Å². The molecule has 19 heavy (non-hydrogen) atoms. The van der Waals surface area contributed by atoms with E-state index in [2.05, 4.69) is 16.4 Å². The van der Waals surface area contributed by atoms with Crippen molar-refractivity contribution in [2.45, 2.75) is 20.8 Å². The van der Waals surface area contributed by atoms with Gasteiger partial charge in [0.05, 0.1) is 12.8 Å². The molecule has 0 aliphatic carbocycles. The summed E-state index contributed by atoms with van der Waals surface area (Å²) >= 11 is 1.30. The fourth-order valence-corrected chi connectivity index (χ4v) is 2.81. The number of nitrogens with zero attached hydrogens (tertiary/aromatic N) is 1. The highest BCUT2D eigenvalue weighted by Gasteiger charge is 2.15. The van der Waals surface area contributed by atoms with Crippen LogP contribution in [0.1, 0.15) is 26.5 Å². The summed E-state index contributed by atoms with van der Waals surface area (Å²) in [6, 6.07) is 6.20. The molecule has 0 saturated carbocycles. The number of thiazole rings is 1. The van der Waals surface area contributed by atoms with Gasteiger partial charge in [-0.1, -0.05) is 17.4 Å². The largest absolute Gasteiger partial charge is 0.465 e. The molecule has 0 bridgehead atoms. The van der Waals surface area contributed by atoms with Crippen LogP contribution in [0.4, 0.5) is 10.8 Å². The van der Waals surface area contributed by atoms with Gasteiger partial charge in [0.15, 0.2) is 5.13 Å². The van der Waals surface area contributed by atoms with Gasteiger partial charge in [-0.05, 0) is 44.0 Å². The highest BCUT2D eigenvalue weighted by Crippen LogP contribution is 2.27. The Labute approximate surface area is 116 Å². The average Bonchev–Trinajstić information content (AvgIpc) is 2.68. The van der Waals surface area contributed by atoms with Crippen LogP contribution >= 0.6 is 11.3 Å². The van der Waals surface area contributed by atoms with Crippen molar-refractivity contribution in [3.05, 3.63) is 39.9 Å². The van der Waals surface area contributed by atoms with E-state index in [0.717, 1.165) is 5.69 Å². The number of rotatable bonds is 3. The summed E-state index contributed by atoms with van der Waals surface area (Å²) < 4.78 is 4.72. The highest BCUT2D eigenvalue weighted by molar-refractivity contribution is 7.17. The molecule has 100 valence electrons. The second-order valence-electron chi connectivity index (χ2n) is 4.43. The summed E-state index contributed by atoms with van der Waals surface area (Å²) in [6.45, 7) is 5.89. The van der Waals surface area contributed by atoms with Gasteiger partial charge in [-0.2, -0.15) is 0 Å². The maximum Gasteiger partial charge on any atom is 0.350 e. The van der Waals surface area contributed by atoms with Crippen LogP contribution in [-0.2, 0) is 4.74 Å². The van der Waals surface area contributed by atoms with Crippen molar-refractivity contribution < 1.29 is 9.53 Å². The van der Waals surface area contributed by atoms with Crippen molar-refractivity contribution in [2.75, 3.05) is 12.4 Å². The zero-order valence-corrected chi connectivity index (χ0v) is 12.2. The smallest absolute Gasteiger partial charge is 0.350 e. The molecule has 1 aromatic carbocycles. The Morgan fingerprint density at radius 3 is 2.42 bits per heavy atom. The number of anilines is 2. The predicted octanol–water partition coefficient (Wildman–Crippen LogP) is 3.60. The van der Waals surface area contributed by atoms with Gasteiger partial charge in [0, 0.05) is 5.69 Å². The number of aromatic nitrogens is 1. The Bertz CT molecular complexity index is 600. The fourth-order valence-electron chi connectivity index (χ4n) is 1.90. The van der Waals surface area contributed by atoms with Crippen molar-refractivity contribution in [3.8, 4) is 0 Å². The van der Waals surface area contributed by atoms with E-state index >= 15 is 0 Å². The SMILES string of the molecule is COC(=O)c1sc(Nc2cc(C)cc(C)c2)nc1C. The minimum atomic E-state index is -0.344. The standard InChI is InChI=1S/C14H16N2O2S/c1-8-5-9(2)7-11(6-8)16-14-15-10(3)12(19-14)13(17)18-4/h5-7H,1-4H3,(H,15,16). The van der Waals surface area contributed by atoms with Crippen LogP contribution in [0.15, 0.2) is 18.2 Å². The maximum atomic E-state index is 11.5. The van der Waals surface area contributed by atoms with Gasteiger partial charge in [0.25, 0.3) is 0 Å². The van der Waals surface area contributed by atoms with Crippen LogP contribution in [0, 0.1) is 20.8 Å². The van der Waals surface area contributed by atoms with Crippen molar-refractivity contribution in [1.29, 1.82) is 0 Å². The normalized spacial score (nSPS) is 10.3. The molecule has 0 atom stereocenters. The van der Waals surface area contributed by atoms with Crippen LogP contribution in [0.2, 0.25) is 0 Å². The Morgan fingerprint density at radius 2 is 1.84 bits per heavy atom. The van der Waals surface area contributed by atoms with Crippen LogP contribution in [0.5, 0.6) is 0 Å². The zero-order valence-electron chi connectivity index (χ0n) is 11.4. The Balaban J connectivity index is 2.26. The molecule has 5 heteroatoms. The van der Waals surface area contributed by atoms with Crippen LogP contribution in [-0.4, -0.2) is 18.1 Å². The van der Waals surface area contributed by atoms with Gasteiger partial charge < -0.3 is 10.1 Å². The molecule has 0 aliphatic heterocycles. The summed E-state index contributed by atoms with van der Waals surface area (Å²) in [5, 5.41) is 3.92. The molecule has 0 amide bonds. The lowest BCUT2D eigenvalue weighted by Gasteiger charge is -2.05. The number of aryl methyl sites for hydroxylation is 3. The van der Waals surface area contributed by atoms with Crippen LogP contribution < -0.4 is 5.32 Å². The van der Waals surface area contributed by atoms with E-state index in [4.69, 9.17) is 4.74 Å². The minimum absolute atomic E-state index is 0.344. The van der Waals surface area contributed by atoms with E-state index in [1.165, 1.54) is 29.6 Å². The Morgan fingerprint density at radius 1 is 1.21 bits per heavy atom. The molecule has 0 spiro atoms. The van der Waals surface area contributed by atoms with Gasteiger partial charge in [0.1, 0.15) is 4.88 Å². The van der Waals surface area contributed by atoms with Gasteiger partial charge in [-0.15, -0.1) is 0 Å². The first-order valence-electron chi connectivity index (χ1n) is 5.90. The molecule has 0 unspecified atom stereocenters. The van der Waals surface area contributed by atoms with Gasteiger partial charge in [-0.25, -0.2) is 9.78 Å². The van der Waals surface area contributed by atoms with Gasteiger partial charge in [0.2, 0.25) is 0 Å². The first-order valence-corrected chi connectivity index (χ1v) is 6.72. The molecular formula is C14H16N2O2S. The summed E-state index contributed by atoms with van der Waals surface area (Å²) in [5.41, 5.74) is 4.03. The third kappa shape index (κ3) is 3.12. The number of benzene rings is 1. The number of carbonyl (C=O) groups excluding carboxylic acids is 1. The topological polar surface area (TPSA) is 51.2 Å². The number of esters is 1. The molecule has 1 heterocycles. The Kier molecular flexibility index (Phi) is 3.85. The van der Waals surface area contributed by atoms with Gasteiger partial charge >= 0.3 is 5.97 Å². The first kappa shape index (κ1) is 13.5. The third-order valence-electron chi connectivity index (χ3n) is 2.64. The van der Waals surface area contributed by atoms with E-state index in [1.807, 2.05) is 26.0 Å². The van der Waals surface area contributed by atoms with E-state index in [9.17, 15) is 4.79 Å². The lowest BCUT2D eigenvalue weighted by molar-refractivity contribution is 0.0605. The summed E-state index contributed by atoms with van der Waals surface area (Å²) in [6.07, 6.45) is 0. The third-order valence-corrected chi connectivity index (χ3v) is 3.69. The zero-order chi connectivity index (χ0) is 14.0. The van der Waals surface area contributed by atoms with E-state index in [0.29, 0.717) is 15.7 Å². The lowest BCUT2D eigenvalue weighted by Crippen LogP contribution is -1.99. The monoisotopic (exact) mass is 276 g/mol. The van der Waals surface area contributed by atoms with Crippen LogP contribution in [0.25, 0.3) is 0 Å². The molecule has 2 rings (SSSR count). The molecule has 0 saturated heterocycles. The number of nitrogens with one attached hydrogen (secondary N) is 1. The molecule has 0 radical (unpaired) electrons. The number of ether oxygens (including phenoxy) is 1. The Hall–Kier alpha value is -1.88. The molecule has 4 nitrogen and oxygen atoms in total. The number of hydrogen-bond donors (Lipinski definition) is 1. The number of carbonyl (C=O) groups is 1. The summed E-state index contributed by atoms with van der Waals surface area (Å²) in [5.74, 6) is -0.344.